The van der Waals surface area contributed by atoms with Crippen LogP contribution in [-0.4, -0.2) is 63.8 Å². The van der Waals surface area contributed by atoms with Crippen LogP contribution in [0.3, 0.4) is 0 Å². The molecule has 146 valence electrons. The Morgan fingerprint density at radius 2 is 1.86 bits per heavy atom. The maximum Gasteiger partial charge on any atom is 0.274 e. The van der Waals surface area contributed by atoms with E-state index >= 15 is 0 Å². The van der Waals surface area contributed by atoms with Gasteiger partial charge in [-0.3, -0.25) is 9.59 Å². The van der Waals surface area contributed by atoms with E-state index in [1.165, 1.54) is 18.0 Å². The lowest BCUT2D eigenvalue weighted by atomic mass is 9.77. The molecule has 3 heterocycles. The molecule has 2 aliphatic rings. The molecule has 1 aliphatic carbocycles. The van der Waals surface area contributed by atoms with Gasteiger partial charge >= 0.3 is 0 Å². The number of carbonyl (C=O) groups is 2. The molecule has 9 heteroatoms. The summed E-state index contributed by atoms with van der Waals surface area (Å²) in [7, 11) is 3.85. The van der Waals surface area contributed by atoms with Crippen LogP contribution in [0.2, 0.25) is 0 Å². The SMILES string of the molecule is CN(C)c1ncc2c(n1)C1(CCCN(C(=O)c3cnc(C(N)=O)cn3)C1)CC2. The Morgan fingerprint density at radius 1 is 1.11 bits per heavy atom. The third-order valence-corrected chi connectivity index (χ3v) is 5.61. The summed E-state index contributed by atoms with van der Waals surface area (Å²) < 4.78 is 0. The van der Waals surface area contributed by atoms with Gasteiger partial charge in [0.15, 0.2) is 0 Å². The molecule has 1 saturated heterocycles. The molecule has 9 nitrogen and oxygen atoms in total. The molecular weight excluding hydrogens is 358 g/mol. The summed E-state index contributed by atoms with van der Waals surface area (Å²) in [5, 5.41) is 0. The molecule has 1 atom stereocenters. The van der Waals surface area contributed by atoms with Gasteiger partial charge in [0.25, 0.3) is 11.8 Å². The molecule has 2 N–H and O–H groups in total. The Bertz CT molecular complexity index is 924. The zero-order valence-corrected chi connectivity index (χ0v) is 16.1. The lowest BCUT2D eigenvalue weighted by molar-refractivity contribution is 0.0626. The molecule has 2 aromatic heterocycles. The number of aromatic nitrogens is 4. The lowest BCUT2D eigenvalue weighted by Crippen LogP contribution is -2.48. The molecule has 1 spiro atoms. The van der Waals surface area contributed by atoms with Gasteiger partial charge in [-0.2, -0.15) is 0 Å². The molecule has 2 amide bonds. The molecule has 4 rings (SSSR count). The standard InChI is InChI=1S/C19H23N7O2/c1-25(2)18-23-8-12-4-6-19(15(12)24-18)5-3-7-26(11-19)17(28)14-10-21-13(9-22-14)16(20)27/h8-10H,3-7,11H2,1-2H3,(H2,20,27). The highest BCUT2D eigenvalue weighted by molar-refractivity contribution is 5.94. The molecule has 0 saturated carbocycles. The number of rotatable bonds is 3. The van der Waals surface area contributed by atoms with Gasteiger partial charge in [0.05, 0.1) is 18.1 Å². The van der Waals surface area contributed by atoms with Crippen molar-refractivity contribution < 1.29 is 9.59 Å². The Kier molecular flexibility index (Phi) is 4.44. The third kappa shape index (κ3) is 3.06. The first-order valence-corrected chi connectivity index (χ1v) is 9.34. The summed E-state index contributed by atoms with van der Waals surface area (Å²) >= 11 is 0. The first-order chi connectivity index (χ1) is 13.4. The Labute approximate surface area is 163 Å². The largest absolute Gasteiger partial charge is 0.364 e. The molecule has 0 bridgehead atoms. The van der Waals surface area contributed by atoms with Gasteiger partial charge < -0.3 is 15.5 Å². The van der Waals surface area contributed by atoms with Gasteiger partial charge in [-0.1, -0.05) is 0 Å². The number of carbonyl (C=O) groups excluding carboxylic acids is 2. The van der Waals surface area contributed by atoms with E-state index in [4.69, 9.17) is 10.7 Å². The Morgan fingerprint density at radius 3 is 2.54 bits per heavy atom. The van der Waals surface area contributed by atoms with E-state index in [9.17, 15) is 9.59 Å². The van der Waals surface area contributed by atoms with Gasteiger partial charge in [0.1, 0.15) is 11.4 Å². The highest BCUT2D eigenvalue weighted by atomic mass is 16.2. The lowest BCUT2D eigenvalue weighted by Gasteiger charge is -2.40. The van der Waals surface area contributed by atoms with Crippen molar-refractivity contribution in [3.63, 3.8) is 0 Å². The molecule has 1 unspecified atom stereocenters. The van der Waals surface area contributed by atoms with E-state index < -0.39 is 5.91 Å². The smallest absolute Gasteiger partial charge is 0.274 e. The van der Waals surface area contributed by atoms with Gasteiger partial charge in [-0.25, -0.2) is 19.9 Å². The van der Waals surface area contributed by atoms with Gasteiger partial charge in [-0.05, 0) is 31.2 Å². The van der Waals surface area contributed by atoms with Crippen molar-refractivity contribution in [2.75, 3.05) is 32.1 Å². The number of fused-ring (bicyclic) bond motifs is 2. The van der Waals surface area contributed by atoms with E-state index in [1.54, 1.807) is 0 Å². The quantitative estimate of drug-likeness (QED) is 0.825. The number of hydrogen-bond donors (Lipinski definition) is 1. The van der Waals surface area contributed by atoms with Crippen LogP contribution < -0.4 is 10.6 Å². The topological polar surface area (TPSA) is 118 Å². The van der Waals surface area contributed by atoms with Crippen molar-refractivity contribution in [3.05, 3.63) is 41.2 Å². The highest BCUT2D eigenvalue weighted by Crippen LogP contribution is 2.44. The molecule has 28 heavy (non-hydrogen) atoms. The Balaban J connectivity index is 1.60. The van der Waals surface area contributed by atoms with Crippen LogP contribution in [0.25, 0.3) is 0 Å². The number of nitrogens with two attached hydrogens (primary N) is 1. The summed E-state index contributed by atoms with van der Waals surface area (Å²) in [6, 6.07) is 0. The first-order valence-electron chi connectivity index (χ1n) is 9.34. The number of hydrogen-bond acceptors (Lipinski definition) is 7. The van der Waals surface area contributed by atoms with E-state index in [1.807, 2.05) is 30.1 Å². The summed E-state index contributed by atoms with van der Waals surface area (Å²) in [4.78, 5) is 45.1. The highest BCUT2D eigenvalue weighted by Gasteiger charge is 2.45. The second-order valence-electron chi connectivity index (χ2n) is 7.70. The second-order valence-corrected chi connectivity index (χ2v) is 7.70. The molecule has 0 radical (unpaired) electrons. The van der Waals surface area contributed by atoms with Crippen LogP contribution in [0, 0.1) is 0 Å². The number of aryl methyl sites for hydroxylation is 1. The second kappa shape index (κ2) is 6.81. The summed E-state index contributed by atoms with van der Waals surface area (Å²) in [6.45, 7) is 1.27. The average Bonchev–Trinajstić information content (AvgIpc) is 3.04. The summed E-state index contributed by atoms with van der Waals surface area (Å²) in [5.41, 5.74) is 7.55. The number of amides is 2. The number of nitrogens with zero attached hydrogens (tertiary/aromatic N) is 6. The fraction of sp³-hybridized carbons (Fsp3) is 0.474. The third-order valence-electron chi connectivity index (χ3n) is 5.61. The van der Waals surface area contributed by atoms with Crippen molar-refractivity contribution >= 4 is 17.8 Å². The molecule has 0 aromatic carbocycles. The first kappa shape index (κ1) is 18.3. The maximum atomic E-state index is 13.0. The van der Waals surface area contributed by atoms with E-state index in [2.05, 4.69) is 15.0 Å². The van der Waals surface area contributed by atoms with Crippen molar-refractivity contribution in [1.29, 1.82) is 0 Å². The number of likely N-dealkylation sites (tertiary alicyclic amines) is 1. The van der Waals surface area contributed by atoms with Crippen molar-refractivity contribution in [1.82, 2.24) is 24.8 Å². The van der Waals surface area contributed by atoms with Crippen LogP contribution in [0.4, 0.5) is 5.95 Å². The summed E-state index contributed by atoms with van der Waals surface area (Å²) in [6.07, 6.45) is 8.28. The van der Waals surface area contributed by atoms with Crippen LogP contribution in [0.1, 0.15) is 51.5 Å². The predicted molar refractivity (Wildman–Crippen MR) is 102 cm³/mol. The number of primary amides is 1. The fourth-order valence-corrected chi connectivity index (χ4v) is 4.18. The van der Waals surface area contributed by atoms with Gasteiger partial charge in [0.2, 0.25) is 5.95 Å². The van der Waals surface area contributed by atoms with Crippen LogP contribution in [0.5, 0.6) is 0 Å². The van der Waals surface area contributed by atoms with Gasteiger partial charge in [-0.15, -0.1) is 0 Å². The maximum absolute atomic E-state index is 13.0. The van der Waals surface area contributed by atoms with Crippen LogP contribution >= 0.6 is 0 Å². The predicted octanol–water partition coefficient (Wildman–Crippen LogP) is 0.552. The van der Waals surface area contributed by atoms with Crippen molar-refractivity contribution in [2.45, 2.75) is 31.1 Å². The minimum Gasteiger partial charge on any atom is -0.364 e. The van der Waals surface area contributed by atoms with Gasteiger partial charge in [0, 0.05) is 38.8 Å². The molecule has 1 fully saturated rings. The Hall–Kier alpha value is -3.10. The minimum absolute atomic E-state index is 0.0456. The normalized spacial score (nSPS) is 20.9. The van der Waals surface area contributed by atoms with E-state index in [0.29, 0.717) is 19.0 Å². The number of piperidine rings is 1. The molecule has 2 aromatic rings. The van der Waals surface area contributed by atoms with E-state index in [0.717, 1.165) is 31.4 Å². The number of anilines is 1. The van der Waals surface area contributed by atoms with Crippen molar-refractivity contribution in [2.24, 2.45) is 5.73 Å². The van der Waals surface area contributed by atoms with Crippen molar-refractivity contribution in [3.8, 4) is 0 Å². The minimum atomic E-state index is -0.664. The monoisotopic (exact) mass is 381 g/mol. The zero-order valence-electron chi connectivity index (χ0n) is 16.1. The van der Waals surface area contributed by atoms with Crippen LogP contribution in [0.15, 0.2) is 18.6 Å². The fourth-order valence-electron chi connectivity index (χ4n) is 4.18. The van der Waals surface area contributed by atoms with E-state index in [-0.39, 0.29) is 22.7 Å². The molecular formula is C19H23N7O2. The summed E-state index contributed by atoms with van der Waals surface area (Å²) in [5.74, 6) is -0.156. The molecule has 1 aliphatic heterocycles. The zero-order chi connectivity index (χ0) is 19.9. The van der Waals surface area contributed by atoms with Crippen LogP contribution in [-0.2, 0) is 11.8 Å². The average molecular weight is 381 g/mol.